The van der Waals surface area contributed by atoms with Crippen molar-refractivity contribution >= 4 is 34.8 Å². The number of ether oxygens (including phenoxy) is 3. The molecule has 11 heteroatoms. The van der Waals surface area contributed by atoms with Crippen LogP contribution in [0.2, 0.25) is 5.02 Å². The third-order valence-electron chi connectivity index (χ3n) is 3.80. The molecular formula is C18H18ClN3O7. The summed E-state index contributed by atoms with van der Waals surface area (Å²) < 4.78 is 15.1. The zero-order valence-corrected chi connectivity index (χ0v) is 16.5. The third kappa shape index (κ3) is 5.26. The van der Waals surface area contributed by atoms with Crippen LogP contribution in [0.5, 0.6) is 17.2 Å². The molecule has 29 heavy (non-hydrogen) atoms. The van der Waals surface area contributed by atoms with E-state index in [0.29, 0.717) is 22.2 Å². The van der Waals surface area contributed by atoms with Crippen LogP contribution >= 0.6 is 11.6 Å². The molecule has 0 aliphatic carbocycles. The van der Waals surface area contributed by atoms with Crippen molar-refractivity contribution in [3.05, 3.63) is 51.0 Å². The smallest absolute Gasteiger partial charge is 0.311 e. The van der Waals surface area contributed by atoms with Crippen LogP contribution in [-0.4, -0.2) is 44.6 Å². The second-order valence-corrected chi connectivity index (χ2v) is 5.97. The zero-order chi connectivity index (χ0) is 21.6. The van der Waals surface area contributed by atoms with Gasteiger partial charge in [0.25, 0.3) is 5.91 Å². The number of amides is 2. The molecule has 0 saturated carbocycles. The van der Waals surface area contributed by atoms with Crippen LogP contribution in [0.3, 0.4) is 0 Å². The first-order chi connectivity index (χ1) is 13.8. The Hall–Kier alpha value is -3.53. The van der Waals surface area contributed by atoms with Crippen molar-refractivity contribution in [2.24, 2.45) is 0 Å². The van der Waals surface area contributed by atoms with E-state index in [9.17, 15) is 19.7 Å². The Morgan fingerprint density at radius 2 is 1.69 bits per heavy atom. The first kappa shape index (κ1) is 21.8. The molecule has 2 N–H and O–H groups in total. The van der Waals surface area contributed by atoms with Gasteiger partial charge in [0.2, 0.25) is 5.91 Å². The van der Waals surface area contributed by atoms with Gasteiger partial charge in [-0.05, 0) is 12.1 Å². The standard InChI is InChI=1S/C18H18ClN3O7/c1-27-14-5-4-10(6-13(14)22(25)26)18(24)20-9-17(23)21-12-8-15(28-2)11(19)7-16(12)29-3/h4-8H,9H2,1-3H3,(H,20,24)(H,21,23). The Kier molecular flexibility index (Phi) is 7.21. The molecule has 0 aliphatic rings. The van der Waals surface area contributed by atoms with Crippen molar-refractivity contribution in [1.29, 1.82) is 0 Å². The number of hydrogen-bond donors (Lipinski definition) is 2. The third-order valence-corrected chi connectivity index (χ3v) is 4.09. The summed E-state index contributed by atoms with van der Waals surface area (Å²) in [6.45, 7) is -0.382. The lowest BCUT2D eigenvalue weighted by Crippen LogP contribution is -2.33. The van der Waals surface area contributed by atoms with E-state index >= 15 is 0 Å². The zero-order valence-electron chi connectivity index (χ0n) is 15.8. The number of carbonyl (C=O) groups is 2. The van der Waals surface area contributed by atoms with E-state index in [-0.39, 0.29) is 23.5 Å². The SMILES string of the molecule is COc1cc(NC(=O)CNC(=O)c2ccc(OC)c([N+](=O)[O-])c2)c(OC)cc1Cl. The Balaban J connectivity index is 2.07. The summed E-state index contributed by atoms with van der Waals surface area (Å²) >= 11 is 6.01. The highest BCUT2D eigenvalue weighted by Gasteiger charge is 2.19. The lowest BCUT2D eigenvalue weighted by atomic mass is 10.1. The second-order valence-electron chi connectivity index (χ2n) is 5.56. The number of nitro groups is 1. The summed E-state index contributed by atoms with van der Waals surface area (Å²) in [4.78, 5) is 34.8. The molecule has 154 valence electrons. The first-order valence-electron chi connectivity index (χ1n) is 8.12. The van der Waals surface area contributed by atoms with E-state index in [1.807, 2.05) is 0 Å². The van der Waals surface area contributed by atoms with Crippen LogP contribution in [0.25, 0.3) is 0 Å². The predicted octanol–water partition coefficient (Wildman–Crippen LogP) is 2.64. The van der Waals surface area contributed by atoms with Gasteiger partial charge in [0, 0.05) is 23.8 Å². The topological polar surface area (TPSA) is 129 Å². The van der Waals surface area contributed by atoms with Crippen molar-refractivity contribution in [2.45, 2.75) is 0 Å². The summed E-state index contributed by atoms with van der Waals surface area (Å²) in [6.07, 6.45) is 0. The van der Waals surface area contributed by atoms with Crippen LogP contribution in [0, 0.1) is 10.1 Å². The maximum atomic E-state index is 12.2. The molecule has 0 atom stereocenters. The summed E-state index contributed by atoms with van der Waals surface area (Å²) in [5.74, 6) is -0.553. The number of nitro benzene ring substituents is 1. The lowest BCUT2D eigenvalue weighted by Gasteiger charge is -2.13. The number of carbonyl (C=O) groups excluding carboxylic acids is 2. The van der Waals surface area contributed by atoms with E-state index in [4.69, 9.17) is 25.8 Å². The number of rotatable bonds is 8. The molecule has 0 aromatic heterocycles. The molecule has 0 fully saturated rings. The predicted molar refractivity (Wildman–Crippen MR) is 105 cm³/mol. The maximum Gasteiger partial charge on any atom is 0.311 e. The van der Waals surface area contributed by atoms with Crippen LogP contribution in [0.15, 0.2) is 30.3 Å². The van der Waals surface area contributed by atoms with Crippen LogP contribution in [0.1, 0.15) is 10.4 Å². The normalized spacial score (nSPS) is 10.1. The van der Waals surface area contributed by atoms with Crippen LogP contribution < -0.4 is 24.8 Å². The molecular weight excluding hydrogens is 406 g/mol. The number of nitrogens with one attached hydrogen (secondary N) is 2. The van der Waals surface area contributed by atoms with Gasteiger partial charge < -0.3 is 24.8 Å². The molecule has 2 rings (SSSR count). The molecule has 0 aliphatic heterocycles. The Bertz CT molecular complexity index is 949. The average molecular weight is 424 g/mol. The summed E-state index contributed by atoms with van der Waals surface area (Å²) in [7, 11) is 4.12. The van der Waals surface area contributed by atoms with Crippen molar-refractivity contribution in [3.8, 4) is 17.2 Å². The summed E-state index contributed by atoms with van der Waals surface area (Å²) in [6, 6.07) is 6.68. The molecule has 10 nitrogen and oxygen atoms in total. The van der Waals surface area contributed by atoms with Crippen molar-refractivity contribution in [2.75, 3.05) is 33.2 Å². The van der Waals surface area contributed by atoms with Gasteiger partial charge in [0.1, 0.15) is 11.5 Å². The van der Waals surface area contributed by atoms with Gasteiger partial charge in [-0.3, -0.25) is 19.7 Å². The minimum absolute atomic E-state index is 0.0102. The van der Waals surface area contributed by atoms with E-state index in [2.05, 4.69) is 10.6 Å². The molecule has 0 saturated heterocycles. The molecule has 0 bridgehead atoms. The van der Waals surface area contributed by atoms with Gasteiger partial charge in [0.15, 0.2) is 5.75 Å². The van der Waals surface area contributed by atoms with Crippen LogP contribution in [0.4, 0.5) is 11.4 Å². The van der Waals surface area contributed by atoms with Gasteiger partial charge >= 0.3 is 5.69 Å². The largest absolute Gasteiger partial charge is 0.495 e. The van der Waals surface area contributed by atoms with Gasteiger partial charge in [-0.25, -0.2) is 0 Å². The highest BCUT2D eigenvalue weighted by atomic mass is 35.5. The van der Waals surface area contributed by atoms with E-state index in [0.717, 1.165) is 6.07 Å². The summed E-state index contributed by atoms with van der Waals surface area (Å²) in [5, 5.41) is 16.3. The highest BCUT2D eigenvalue weighted by Crippen LogP contribution is 2.35. The molecule has 0 spiro atoms. The first-order valence-corrected chi connectivity index (χ1v) is 8.50. The Morgan fingerprint density at radius 1 is 1.03 bits per heavy atom. The molecule has 0 radical (unpaired) electrons. The van der Waals surface area contributed by atoms with Crippen LogP contribution in [-0.2, 0) is 4.79 Å². The molecule has 2 aromatic rings. The van der Waals surface area contributed by atoms with Gasteiger partial charge in [-0.15, -0.1) is 0 Å². The molecule has 0 unspecified atom stereocenters. The minimum Gasteiger partial charge on any atom is -0.495 e. The number of methoxy groups -OCH3 is 3. The number of halogens is 1. The van der Waals surface area contributed by atoms with Gasteiger partial charge in [-0.1, -0.05) is 11.6 Å². The van der Waals surface area contributed by atoms with E-state index < -0.39 is 16.7 Å². The Labute approximate surface area is 170 Å². The average Bonchev–Trinajstić information content (AvgIpc) is 2.72. The second kappa shape index (κ2) is 9.60. The number of nitrogens with zero attached hydrogens (tertiary/aromatic N) is 1. The van der Waals surface area contributed by atoms with Crippen molar-refractivity contribution in [1.82, 2.24) is 5.32 Å². The molecule has 0 heterocycles. The van der Waals surface area contributed by atoms with Crippen molar-refractivity contribution < 1.29 is 28.7 Å². The fraction of sp³-hybridized carbons (Fsp3) is 0.222. The van der Waals surface area contributed by atoms with Gasteiger partial charge in [0.05, 0.1) is 43.5 Å². The number of benzene rings is 2. The quantitative estimate of drug-likeness (QED) is 0.493. The lowest BCUT2D eigenvalue weighted by molar-refractivity contribution is -0.385. The van der Waals surface area contributed by atoms with Gasteiger partial charge in [-0.2, -0.15) is 0 Å². The summed E-state index contributed by atoms with van der Waals surface area (Å²) in [5.41, 5.74) is -0.0493. The maximum absolute atomic E-state index is 12.2. The molecule has 2 aromatic carbocycles. The fourth-order valence-electron chi connectivity index (χ4n) is 2.39. The minimum atomic E-state index is -0.664. The molecule has 2 amide bonds. The monoisotopic (exact) mass is 423 g/mol. The van der Waals surface area contributed by atoms with Crippen molar-refractivity contribution in [3.63, 3.8) is 0 Å². The Morgan fingerprint density at radius 3 is 2.28 bits per heavy atom. The number of hydrogen-bond acceptors (Lipinski definition) is 7. The highest BCUT2D eigenvalue weighted by molar-refractivity contribution is 6.32. The number of anilines is 1. The fourth-order valence-corrected chi connectivity index (χ4v) is 2.62. The van der Waals surface area contributed by atoms with E-state index in [1.165, 1.54) is 45.6 Å². The van der Waals surface area contributed by atoms with E-state index in [1.54, 1.807) is 0 Å².